The van der Waals surface area contributed by atoms with E-state index in [4.69, 9.17) is 11.5 Å². The van der Waals surface area contributed by atoms with Crippen LogP contribution in [0.3, 0.4) is 0 Å². The predicted octanol–water partition coefficient (Wildman–Crippen LogP) is 3.22. The molecule has 9 heteroatoms. The summed E-state index contributed by atoms with van der Waals surface area (Å²) in [5.41, 5.74) is 13.7. The number of nitrogens with one attached hydrogen (secondary N) is 2. The second kappa shape index (κ2) is 10.7. The fourth-order valence-electron chi connectivity index (χ4n) is 3.53. The van der Waals surface area contributed by atoms with Crippen molar-refractivity contribution in [2.45, 2.75) is 57.5 Å². The van der Waals surface area contributed by atoms with Gasteiger partial charge in [-0.15, -0.1) is 0 Å². The number of hydrazone groups is 1. The molecule has 2 aromatic rings. The SMILES string of the molecule is CCC/C=N\N(C)c1cccc(Nc2nc(N[C@@H]3CCCC[C@@H]3N)ncc2C(N)=O)c1. The minimum atomic E-state index is -0.596. The highest BCUT2D eigenvalue weighted by molar-refractivity contribution is 5.98. The lowest BCUT2D eigenvalue weighted by Crippen LogP contribution is -2.43. The van der Waals surface area contributed by atoms with E-state index in [1.807, 2.05) is 37.5 Å². The van der Waals surface area contributed by atoms with Gasteiger partial charge in [0.05, 0.1) is 5.69 Å². The van der Waals surface area contributed by atoms with Gasteiger partial charge in [0, 0.05) is 37.2 Å². The third-order valence-electron chi connectivity index (χ3n) is 5.34. The van der Waals surface area contributed by atoms with Crippen LogP contribution >= 0.6 is 0 Å². The Kier molecular flexibility index (Phi) is 7.77. The molecule has 31 heavy (non-hydrogen) atoms. The predicted molar refractivity (Wildman–Crippen MR) is 126 cm³/mol. The molecule has 0 radical (unpaired) electrons. The van der Waals surface area contributed by atoms with E-state index in [1.165, 1.54) is 6.20 Å². The molecule has 6 N–H and O–H groups in total. The zero-order chi connectivity index (χ0) is 22.2. The first kappa shape index (κ1) is 22.5. The van der Waals surface area contributed by atoms with Gasteiger partial charge in [0.1, 0.15) is 11.4 Å². The first-order valence-corrected chi connectivity index (χ1v) is 10.8. The van der Waals surface area contributed by atoms with Gasteiger partial charge in [0.15, 0.2) is 0 Å². The number of hydrogen-bond donors (Lipinski definition) is 4. The first-order chi connectivity index (χ1) is 15.0. The fourth-order valence-corrected chi connectivity index (χ4v) is 3.53. The molecule has 1 fully saturated rings. The van der Waals surface area contributed by atoms with Crippen molar-refractivity contribution >= 4 is 35.3 Å². The van der Waals surface area contributed by atoms with Crippen LogP contribution in [0.1, 0.15) is 55.8 Å². The van der Waals surface area contributed by atoms with E-state index >= 15 is 0 Å². The van der Waals surface area contributed by atoms with Crippen LogP contribution in [0.2, 0.25) is 0 Å². The molecule has 0 aliphatic heterocycles. The number of primary amides is 1. The number of nitrogens with zero attached hydrogens (tertiary/aromatic N) is 4. The summed E-state index contributed by atoms with van der Waals surface area (Å²) < 4.78 is 0. The lowest BCUT2D eigenvalue weighted by atomic mass is 9.91. The molecule has 1 aliphatic rings. The number of aromatic nitrogens is 2. The topological polar surface area (TPSA) is 135 Å². The standard InChI is InChI=1S/C22H32N8O/c1-3-4-12-26-30(2)16-9-7-8-15(13-16)27-21-17(20(24)31)14-25-22(29-21)28-19-11-6-5-10-18(19)23/h7-9,12-14,18-19H,3-6,10-11,23H2,1-2H3,(H2,24,31)(H2,25,27,28,29)/b26-12-/t18-,19+/m0/s1. The number of hydrogen-bond acceptors (Lipinski definition) is 8. The monoisotopic (exact) mass is 424 g/mol. The number of carbonyl (C=O) groups excluding carboxylic acids is 1. The molecule has 0 spiro atoms. The molecule has 0 saturated heterocycles. The van der Waals surface area contributed by atoms with E-state index in [9.17, 15) is 4.79 Å². The lowest BCUT2D eigenvalue weighted by Gasteiger charge is -2.29. The molecular weight excluding hydrogens is 392 g/mol. The van der Waals surface area contributed by atoms with Crippen LogP contribution in [-0.2, 0) is 0 Å². The van der Waals surface area contributed by atoms with Crippen molar-refractivity contribution in [1.82, 2.24) is 9.97 Å². The van der Waals surface area contributed by atoms with E-state index in [2.05, 4.69) is 32.6 Å². The molecule has 3 rings (SSSR count). The lowest BCUT2D eigenvalue weighted by molar-refractivity contribution is 0.100. The number of anilines is 4. The van der Waals surface area contributed by atoms with Crippen molar-refractivity contribution in [3.05, 3.63) is 36.0 Å². The van der Waals surface area contributed by atoms with Crippen LogP contribution in [0.5, 0.6) is 0 Å². The summed E-state index contributed by atoms with van der Waals surface area (Å²) in [6.07, 6.45) is 9.51. The molecular formula is C22H32N8O. The maximum absolute atomic E-state index is 11.9. The summed E-state index contributed by atoms with van der Waals surface area (Å²) in [5, 5.41) is 12.7. The van der Waals surface area contributed by atoms with Crippen LogP contribution in [0.25, 0.3) is 0 Å². The zero-order valence-electron chi connectivity index (χ0n) is 18.2. The molecule has 0 unspecified atom stereocenters. The number of unbranched alkanes of at least 4 members (excludes halogenated alkanes) is 1. The highest BCUT2D eigenvalue weighted by atomic mass is 16.1. The number of carbonyl (C=O) groups is 1. The molecule has 1 amide bonds. The summed E-state index contributed by atoms with van der Waals surface area (Å²) in [5.74, 6) is 0.178. The van der Waals surface area contributed by atoms with E-state index < -0.39 is 5.91 Å². The van der Waals surface area contributed by atoms with E-state index in [1.54, 1.807) is 5.01 Å². The number of rotatable bonds is 9. The van der Waals surface area contributed by atoms with Gasteiger partial charge in [0.25, 0.3) is 5.91 Å². The first-order valence-electron chi connectivity index (χ1n) is 10.8. The normalized spacial score (nSPS) is 18.7. The van der Waals surface area contributed by atoms with Crippen LogP contribution in [0, 0.1) is 0 Å². The van der Waals surface area contributed by atoms with E-state index in [-0.39, 0.29) is 17.6 Å². The van der Waals surface area contributed by atoms with E-state index in [0.717, 1.165) is 49.9 Å². The molecule has 1 heterocycles. The summed E-state index contributed by atoms with van der Waals surface area (Å²) in [4.78, 5) is 20.7. The second-order valence-electron chi connectivity index (χ2n) is 7.80. The van der Waals surface area contributed by atoms with Crippen molar-refractivity contribution in [3.8, 4) is 0 Å². The summed E-state index contributed by atoms with van der Waals surface area (Å²) >= 11 is 0. The average Bonchev–Trinajstić information content (AvgIpc) is 2.75. The quantitative estimate of drug-likeness (QED) is 0.358. The van der Waals surface area contributed by atoms with Crippen LogP contribution in [0.4, 0.5) is 23.1 Å². The third kappa shape index (κ3) is 6.14. The molecule has 1 aromatic heterocycles. The Morgan fingerprint density at radius 3 is 2.90 bits per heavy atom. The smallest absolute Gasteiger partial charge is 0.254 e. The van der Waals surface area contributed by atoms with Gasteiger partial charge in [-0.1, -0.05) is 32.3 Å². The highest BCUT2D eigenvalue weighted by Gasteiger charge is 2.23. The van der Waals surface area contributed by atoms with Gasteiger partial charge in [-0.05, 0) is 37.5 Å². The molecule has 166 valence electrons. The Labute approximate surface area is 183 Å². The largest absolute Gasteiger partial charge is 0.365 e. The van der Waals surface area contributed by atoms with Gasteiger partial charge < -0.3 is 22.1 Å². The Balaban J connectivity index is 1.81. The van der Waals surface area contributed by atoms with Gasteiger partial charge in [-0.2, -0.15) is 10.1 Å². The summed E-state index contributed by atoms with van der Waals surface area (Å²) in [6.45, 7) is 2.11. The van der Waals surface area contributed by atoms with Crippen LogP contribution in [0.15, 0.2) is 35.6 Å². The number of amides is 1. The van der Waals surface area contributed by atoms with Gasteiger partial charge in [-0.3, -0.25) is 9.80 Å². The molecule has 9 nitrogen and oxygen atoms in total. The molecule has 2 atom stereocenters. The maximum atomic E-state index is 11.9. The zero-order valence-corrected chi connectivity index (χ0v) is 18.2. The van der Waals surface area contributed by atoms with Gasteiger partial charge in [0.2, 0.25) is 5.95 Å². The summed E-state index contributed by atoms with van der Waals surface area (Å²) in [7, 11) is 1.89. The maximum Gasteiger partial charge on any atom is 0.254 e. The minimum absolute atomic E-state index is 0.0602. The van der Waals surface area contributed by atoms with Crippen LogP contribution < -0.4 is 27.1 Å². The fraction of sp³-hybridized carbons (Fsp3) is 0.455. The second-order valence-corrected chi connectivity index (χ2v) is 7.80. The average molecular weight is 425 g/mol. The Bertz CT molecular complexity index is 916. The van der Waals surface area contributed by atoms with Crippen molar-refractivity contribution in [1.29, 1.82) is 0 Å². The number of benzene rings is 1. The third-order valence-corrected chi connectivity index (χ3v) is 5.34. The Morgan fingerprint density at radius 2 is 2.16 bits per heavy atom. The van der Waals surface area contributed by atoms with Gasteiger partial charge >= 0.3 is 0 Å². The molecule has 1 aromatic carbocycles. The van der Waals surface area contributed by atoms with Crippen LogP contribution in [-0.4, -0.2) is 41.2 Å². The Morgan fingerprint density at radius 1 is 1.35 bits per heavy atom. The molecule has 0 bridgehead atoms. The van der Waals surface area contributed by atoms with Crippen molar-refractivity contribution in [3.63, 3.8) is 0 Å². The highest BCUT2D eigenvalue weighted by Crippen LogP contribution is 2.25. The molecule has 1 aliphatic carbocycles. The Hall–Kier alpha value is -3.20. The summed E-state index contributed by atoms with van der Waals surface area (Å²) in [6, 6.07) is 7.87. The molecule has 1 saturated carbocycles. The van der Waals surface area contributed by atoms with Crippen molar-refractivity contribution in [2.75, 3.05) is 22.7 Å². The van der Waals surface area contributed by atoms with Crippen molar-refractivity contribution < 1.29 is 4.79 Å². The minimum Gasteiger partial charge on any atom is -0.365 e. The number of nitrogens with two attached hydrogens (primary N) is 2. The van der Waals surface area contributed by atoms with Gasteiger partial charge in [-0.25, -0.2) is 4.98 Å². The van der Waals surface area contributed by atoms with Crippen molar-refractivity contribution in [2.24, 2.45) is 16.6 Å². The van der Waals surface area contributed by atoms with E-state index in [0.29, 0.717) is 11.8 Å².